The van der Waals surface area contributed by atoms with Crippen LogP contribution in [-0.2, 0) is 0 Å². The molecule has 0 saturated carbocycles. The first-order valence-corrected chi connectivity index (χ1v) is 4.58. The van der Waals surface area contributed by atoms with Crippen molar-refractivity contribution >= 4 is 17.4 Å². The van der Waals surface area contributed by atoms with Crippen molar-refractivity contribution in [2.45, 2.75) is 0 Å². The molecular weight excluding hydrogens is 284 g/mol. The highest BCUT2D eigenvalue weighted by molar-refractivity contribution is 6.10. The second-order valence-electron chi connectivity index (χ2n) is 3.11. The normalized spacial score (nSPS) is 9.30. The van der Waals surface area contributed by atoms with E-state index in [0.717, 1.165) is 0 Å². The maximum Gasteiger partial charge on any atom is 0.341 e. The smallest absolute Gasteiger partial charge is 0.341 e. The Hall–Kier alpha value is -3.14. The number of carbonyl (C=O) groups is 1. The van der Waals surface area contributed by atoms with E-state index in [4.69, 9.17) is 15.6 Å². The molecule has 0 bridgehead atoms. The molecule has 102 valence electrons. The van der Waals surface area contributed by atoms with Gasteiger partial charge in [-0.25, -0.2) is 22.4 Å². The first-order valence-electron chi connectivity index (χ1n) is 4.58. The third kappa shape index (κ3) is 2.49. The van der Waals surface area contributed by atoms with E-state index in [-0.39, 0.29) is 0 Å². The summed E-state index contributed by atoms with van der Waals surface area (Å²) in [6.07, 6.45) is 0. The molecule has 0 heterocycles. The molecule has 0 fully saturated rings. The Morgan fingerprint density at radius 3 is 1.85 bits per heavy atom. The molecule has 10 heteroatoms. The van der Waals surface area contributed by atoms with Crippen LogP contribution in [0.1, 0.15) is 10.4 Å². The van der Waals surface area contributed by atoms with E-state index in [1.165, 1.54) is 17.6 Å². The summed E-state index contributed by atoms with van der Waals surface area (Å²) in [5.74, 6) is -10.6. The molecule has 0 aromatic heterocycles. The van der Waals surface area contributed by atoms with E-state index < -0.39 is 46.2 Å². The number of carboxylic acids is 1. The molecule has 1 aromatic rings. The Bertz CT molecular complexity index is 658. The van der Waals surface area contributed by atoms with Gasteiger partial charge in [0.2, 0.25) is 5.71 Å². The van der Waals surface area contributed by atoms with Gasteiger partial charge in [-0.15, -0.1) is 0 Å². The quantitative estimate of drug-likeness (QED) is 0.381. The van der Waals surface area contributed by atoms with Crippen molar-refractivity contribution in [3.63, 3.8) is 0 Å². The monoisotopic (exact) mass is 286 g/mol. The van der Waals surface area contributed by atoms with Crippen LogP contribution in [0.25, 0.3) is 0 Å². The van der Waals surface area contributed by atoms with Crippen LogP contribution >= 0.6 is 0 Å². The molecule has 0 saturated heterocycles. The number of nitrogens with one attached hydrogen (secondary N) is 1. The minimum Gasteiger partial charge on any atom is -0.477 e. The molecule has 0 atom stereocenters. The Kier molecular flexibility index (Phi) is 4.23. The van der Waals surface area contributed by atoms with Gasteiger partial charge in [0, 0.05) is 0 Å². The van der Waals surface area contributed by atoms with Gasteiger partial charge in [0.25, 0.3) is 0 Å². The maximum absolute atomic E-state index is 13.4. The van der Waals surface area contributed by atoms with Crippen LogP contribution in [0.5, 0.6) is 0 Å². The first kappa shape index (κ1) is 14.9. The highest BCUT2D eigenvalue weighted by Gasteiger charge is 2.29. The van der Waals surface area contributed by atoms with E-state index in [9.17, 15) is 22.4 Å². The minimum atomic E-state index is -2.21. The summed E-state index contributed by atoms with van der Waals surface area (Å²) < 4.78 is 53.3. The molecule has 20 heavy (non-hydrogen) atoms. The van der Waals surface area contributed by atoms with Gasteiger partial charge >= 0.3 is 5.97 Å². The summed E-state index contributed by atoms with van der Waals surface area (Å²) in [6, 6.07) is 2.44. The van der Waals surface area contributed by atoms with Gasteiger partial charge in [0.05, 0.1) is 0 Å². The van der Waals surface area contributed by atoms with Crippen molar-refractivity contribution in [1.82, 2.24) is 0 Å². The number of hydrogen-bond donors (Lipinski definition) is 2. The third-order valence-electron chi connectivity index (χ3n) is 1.97. The maximum atomic E-state index is 13.4. The number of rotatable bonds is 3. The highest BCUT2D eigenvalue weighted by Crippen LogP contribution is 2.28. The third-order valence-corrected chi connectivity index (χ3v) is 1.97. The SMILES string of the molecule is N#CC(C#N)=NNc1c(F)c(F)c(C(=O)O)c(F)c1F. The van der Waals surface area contributed by atoms with E-state index in [2.05, 4.69) is 5.10 Å². The van der Waals surface area contributed by atoms with Crippen LogP contribution in [-0.4, -0.2) is 16.8 Å². The Labute approximate surface area is 108 Å². The van der Waals surface area contributed by atoms with Crippen LogP contribution < -0.4 is 5.43 Å². The van der Waals surface area contributed by atoms with Crippen molar-refractivity contribution < 1.29 is 27.5 Å². The molecule has 0 amide bonds. The predicted octanol–water partition coefficient (Wildman–Crippen LogP) is 1.76. The molecule has 0 aliphatic rings. The van der Waals surface area contributed by atoms with Gasteiger partial charge in [0.15, 0.2) is 23.3 Å². The average molecular weight is 286 g/mol. The second-order valence-corrected chi connectivity index (χ2v) is 3.11. The van der Waals surface area contributed by atoms with E-state index in [1.807, 2.05) is 0 Å². The Morgan fingerprint density at radius 1 is 1.05 bits per heavy atom. The van der Waals surface area contributed by atoms with Crippen molar-refractivity contribution in [3.8, 4) is 12.1 Å². The van der Waals surface area contributed by atoms with Gasteiger partial charge in [-0.2, -0.15) is 15.6 Å². The number of anilines is 1. The summed E-state index contributed by atoms with van der Waals surface area (Å²) in [6.45, 7) is 0. The van der Waals surface area contributed by atoms with E-state index in [1.54, 1.807) is 0 Å². The lowest BCUT2D eigenvalue weighted by Crippen LogP contribution is -2.12. The zero-order valence-corrected chi connectivity index (χ0v) is 9.21. The van der Waals surface area contributed by atoms with Gasteiger partial charge in [-0.05, 0) is 0 Å². The van der Waals surface area contributed by atoms with Crippen molar-refractivity contribution in [2.75, 3.05) is 5.43 Å². The van der Waals surface area contributed by atoms with Crippen LogP contribution in [0.15, 0.2) is 5.10 Å². The van der Waals surface area contributed by atoms with Crippen molar-refractivity contribution in [2.24, 2.45) is 5.10 Å². The average Bonchev–Trinajstić information content (AvgIpc) is 2.40. The fraction of sp³-hybridized carbons (Fsp3) is 0. The first-order chi connectivity index (χ1) is 9.34. The van der Waals surface area contributed by atoms with E-state index in [0.29, 0.717) is 0 Å². The molecule has 0 aliphatic carbocycles. The molecule has 1 rings (SSSR count). The molecule has 2 N–H and O–H groups in total. The number of hydrazone groups is 1. The number of halogens is 4. The predicted molar refractivity (Wildman–Crippen MR) is 55.5 cm³/mol. The summed E-state index contributed by atoms with van der Waals surface area (Å²) in [5.41, 5.74) is -2.69. The standard InChI is InChI=1S/C10H2F4N4O2/c11-5-4(10(19)20)6(12)8(14)9(7(5)13)18-17-3(1-15)2-16/h18H,(H,19,20). The zero-order valence-electron chi connectivity index (χ0n) is 9.21. The van der Waals surface area contributed by atoms with E-state index >= 15 is 0 Å². The van der Waals surface area contributed by atoms with Gasteiger partial charge in [0.1, 0.15) is 23.4 Å². The highest BCUT2D eigenvalue weighted by atomic mass is 19.2. The minimum absolute atomic E-state index is 0.869. The fourth-order valence-electron chi connectivity index (χ4n) is 1.10. The molecule has 6 nitrogen and oxygen atoms in total. The summed E-state index contributed by atoms with van der Waals surface area (Å²) in [4.78, 5) is 10.5. The lowest BCUT2D eigenvalue weighted by atomic mass is 10.1. The zero-order chi connectivity index (χ0) is 15.4. The number of hydrogen-bond acceptors (Lipinski definition) is 5. The number of nitriles is 2. The van der Waals surface area contributed by atoms with Gasteiger partial charge < -0.3 is 5.11 Å². The Balaban J connectivity index is 3.46. The largest absolute Gasteiger partial charge is 0.477 e. The molecular formula is C10H2F4N4O2. The van der Waals surface area contributed by atoms with Crippen LogP contribution in [0, 0.1) is 45.9 Å². The van der Waals surface area contributed by atoms with Gasteiger partial charge in [-0.3, -0.25) is 5.43 Å². The topological polar surface area (TPSA) is 109 Å². The second kappa shape index (κ2) is 5.67. The summed E-state index contributed by atoms with van der Waals surface area (Å²) in [7, 11) is 0. The van der Waals surface area contributed by atoms with Crippen molar-refractivity contribution in [3.05, 3.63) is 28.8 Å². The van der Waals surface area contributed by atoms with Crippen LogP contribution in [0.2, 0.25) is 0 Å². The van der Waals surface area contributed by atoms with Gasteiger partial charge in [-0.1, -0.05) is 0 Å². The van der Waals surface area contributed by atoms with Crippen LogP contribution in [0.4, 0.5) is 23.2 Å². The summed E-state index contributed by atoms with van der Waals surface area (Å²) >= 11 is 0. The molecule has 0 aliphatic heterocycles. The molecule has 0 spiro atoms. The molecule has 1 aromatic carbocycles. The van der Waals surface area contributed by atoms with Crippen LogP contribution in [0.3, 0.4) is 0 Å². The number of carboxylic acid groups (broad SMARTS) is 1. The molecule has 0 unspecified atom stereocenters. The number of nitrogens with zero attached hydrogens (tertiary/aromatic N) is 3. The number of aromatic carboxylic acids is 1. The fourth-order valence-corrected chi connectivity index (χ4v) is 1.10. The lowest BCUT2D eigenvalue weighted by molar-refractivity contribution is 0.0683. The Morgan fingerprint density at radius 2 is 1.50 bits per heavy atom. The number of benzene rings is 1. The lowest BCUT2D eigenvalue weighted by Gasteiger charge is -2.08. The molecule has 0 radical (unpaired) electrons. The van der Waals surface area contributed by atoms with Crippen molar-refractivity contribution in [1.29, 1.82) is 10.5 Å². The summed E-state index contributed by atoms with van der Waals surface area (Å²) in [5, 5.41) is 28.0.